The maximum Gasteiger partial charge on any atom is 0.166 e. The number of nitrogens with zero attached hydrogens (tertiary/aromatic N) is 2. The number of nitrogens with two attached hydrogens (primary N) is 1. The summed E-state index contributed by atoms with van der Waals surface area (Å²) < 4.78 is 5.33. The highest BCUT2D eigenvalue weighted by atomic mass is 32.1. The molecule has 3 aromatic rings. The molecule has 3 aromatic heterocycles. The zero-order chi connectivity index (χ0) is 13.7. The second kappa shape index (κ2) is 4.31. The first-order valence-corrected chi connectivity index (χ1v) is 7.68. The van der Waals surface area contributed by atoms with Crippen LogP contribution in [0.4, 0.5) is 5.82 Å². The van der Waals surface area contributed by atoms with Crippen molar-refractivity contribution in [2.75, 3.05) is 5.73 Å². The zero-order valence-corrected chi connectivity index (χ0v) is 12.1. The van der Waals surface area contributed by atoms with Gasteiger partial charge in [-0.3, -0.25) is 0 Å². The fourth-order valence-electron chi connectivity index (χ4n) is 2.92. The number of rotatable bonds is 1. The first-order chi connectivity index (χ1) is 9.74. The molecule has 0 unspecified atom stereocenters. The molecule has 0 spiro atoms. The van der Waals surface area contributed by atoms with Crippen molar-refractivity contribution in [2.45, 2.75) is 32.6 Å². The molecule has 0 aromatic carbocycles. The monoisotopic (exact) mass is 285 g/mol. The van der Waals surface area contributed by atoms with E-state index in [2.05, 4.69) is 4.98 Å². The van der Waals surface area contributed by atoms with E-state index in [9.17, 15) is 0 Å². The first-order valence-electron chi connectivity index (χ1n) is 6.86. The van der Waals surface area contributed by atoms with Gasteiger partial charge in [-0.25, -0.2) is 9.97 Å². The van der Waals surface area contributed by atoms with E-state index in [1.807, 2.05) is 13.0 Å². The van der Waals surface area contributed by atoms with Gasteiger partial charge >= 0.3 is 0 Å². The molecule has 0 radical (unpaired) electrons. The minimum Gasteiger partial charge on any atom is -0.469 e. The number of hydrogen-bond donors (Lipinski definition) is 1. The number of thiophene rings is 1. The second-order valence-corrected chi connectivity index (χ2v) is 6.30. The smallest absolute Gasteiger partial charge is 0.166 e. The Bertz CT molecular complexity index is 803. The van der Waals surface area contributed by atoms with Gasteiger partial charge in [0.15, 0.2) is 5.82 Å². The van der Waals surface area contributed by atoms with Crippen molar-refractivity contribution in [3.63, 3.8) is 0 Å². The number of fused-ring (bicyclic) bond motifs is 3. The van der Waals surface area contributed by atoms with Crippen LogP contribution in [0.25, 0.3) is 21.6 Å². The molecular weight excluding hydrogens is 270 g/mol. The lowest BCUT2D eigenvalue weighted by Crippen LogP contribution is -2.01. The number of aromatic nitrogens is 2. The fourth-order valence-corrected chi connectivity index (χ4v) is 4.19. The van der Waals surface area contributed by atoms with Gasteiger partial charge in [-0.2, -0.15) is 0 Å². The molecule has 4 rings (SSSR count). The van der Waals surface area contributed by atoms with Gasteiger partial charge in [0.25, 0.3) is 0 Å². The molecular formula is C15H15N3OS. The zero-order valence-electron chi connectivity index (χ0n) is 11.3. The lowest BCUT2D eigenvalue weighted by atomic mass is 9.97. The lowest BCUT2D eigenvalue weighted by Gasteiger charge is -2.10. The highest BCUT2D eigenvalue weighted by Crippen LogP contribution is 2.38. The number of nitrogen functional groups attached to an aromatic ring is 1. The van der Waals surface area contributed by atoms with Crippen LogP contribution in [0.15, 0.2) is 16.7 Å². The summed E-state index contributed by atoms with van der Waals surface area (Å²) in [6, 6.07) is 1.89. The molecule has 2 N–H and O–H groups in total. The average Bonchev–Trinajstić information content (AvgIpc) is 3.01. The Balaban J connectivity index is 1.97. The van der Waals surface area contributed by atoms with Gasteiger partial charge in [-0.15, -0.1) is 11.3 Å². The molecule has 0 atom stereocenters. The van der Waals surface area contributed by atoms with Gasteiger partial charge in [-0.05, 0) is 44.2 Å². The van der Waals surface area contributed by atoms with Crippen LogP contribution in [-0.4, -0.2) is 9.97 Å². The van der Waals surface area contributed by atoms with Gasteiger partial charge < -0.3 is 10.2 Å². The summed E-state index contributed by atoms with van der Waals surface area (Å²) in [7, 11) is 0. The van der Waals surface area contributed by atoms with Crippen molar-refractivity contribution in [3.05, 3.63) is 28.5 Å². The van der Waals surface area contributed by atoms with E-state index in [4.69, 9.17) is 15.1 Å². The van der Waals surface area contributed by atoms with E-state index >= 15 is 0 Å². The normalized spacial score (nSPS) is 14.7. The molecule has 102 valence electrons. The van der Waals surface area contributed by atoms with Crippen LogP contribution in [0, 0.1) is 6.92 Å². The van der Waals surface area contributed by atoms with Crippen molar-refractivity contribution in [1.29, 1.82) is 0 Å². The van der Waals surface area contributed by atoms with E-state index in [0.717, 1.165) is 34.4 Å². The van der Waals surface area contributed by atoms with Crippen molar-refractivity contribution in [1.82, 2.24) is 9.97 Å². The van der Waals surface area contributed by atoms with Crippen LogP contribution >= 0.6 is 11.3 Å². The van der Waals surface area contributed by atoms with Gasteiger partial charge in [0.1, 0.15) is 16.4 Å². The van der Waals surface area contributed by atoms with E-state index in [1.54, 1.807) is 17.6 Å². The topological polar surface area (TPSA) is 64.9 Å². The highest BCUT2D eigenvalue weighted by molar-refractivity contribution is 7.19. The van der Waals surface area contributed by atoms with Crippen LogP contribution in [0.1, 0.15) is 29.0 Å². The summed E-state index contributed by atoms with van der Waals surface area (Å²) in [6.45, 7) is 1.92. The molecule has 0 bridgehead atoms. The van der Waals surface area contributed by atoms with Crippen LogP contribution in [0.3, 0.4) is 0 Å². The van der Waals surface area contributed by atoms with Crippen molar-refractivity contribution in [3.8, 4) is 11.4 Å². The number of aryl methyl sites for hydroxylation is 3. The summed E-state index contributed by atoms with van der Waals surface area (Å²) in [6.07, 6.45) is 6.42. The minimum absolute atomic E-state index is 0.602. The van der Waals surface area contributed by atoms with Crippen LogP contribution in [0.5, 0.6) is 0 Å². The van der Waals surface area contributed by atoms with E-state index in [0.29, 0.717) is 11.6 Å². The van der Waals surface area contributed by atoms with E-state index in [1.165, 1.54) is 23.3 Å². The number of furan rings is 1. The Morgan fingerprint density at radius 2 is 2.10 bits per heavy atom. The molecule has 20 heavy (non-hydrogen) atoms. The van der Waals surface area contributed by atoms with Crippen LogP contribution in [-0.2, 0) is 12.8 Å². The maximum atomic E-state index is 6.21. The molecule has 3 heterocycles. The standard InChI is InChI=1S/C15H15N3OS/c1-8-9(6-7-19-8)14-17-13(16)12-10-4-2-3-5-11(10)20-15(12)18-14/h6-7H,2-5H2,1H3,(H2,16,17,18). The van der Waals surface area contributed by atoms with Gasteiger partial charge in [-0.1, -0.05) is 0 Å². The third-order valence-electron chi connectivity index (χ3n) is 3.94. The van der Waals surface area contributed by atoms with Crippen molar-refractivity contribution in [2.24, 2.45) is 0 Å². The summed E-state index contributed by atoms with van der Waals surface area (Å²) in [4.78, 5) is 11.7. The summed E-state index contributed by atoms with van der Waals surface area (Å²) in [5.41, 5.74) is 8.51. The quantitative estimate of drug-likeness (QED) is 0.740. The summed E-state index contributed by atoms with van der Waals surface area (Å²) in [5.74, 6) is 2.09. The third kappa shape index (κ3) is 1.66. The largest absolute Gasteiger partial charge is 0.469 e. The SMILES string of the molecule is Cc1occc1-c1nc(N)c2c3c(sc2n1)CCCC3. The molecule has 0 aliphatic heterocycles. The van der Waals surface area contributed by atoms with Crippen LogP contribution < -0.4 is 5.73 Å². The predicted octanol–water partition coefficient (Wildman–Crippen LogP) is 3.72. The first kappa shape index (κ1) is 11.9. The second-order valence-electron chi connectivity index (χ2n) is 5.21. The molecule has 1 aliphatic rings. The molecule has 0 saturated carbocycles. The average molecular weight is 285 g/mol. The Morgan fingerprint density at radius 1 is 1.25 bits per heavy atom. The Labute approximate surface area is 120 Å². The van der Waals surface area contributed by atoms with Gasteiger partial charge in [0.2, 0.25) is 0 Å². The Morgan fingerprint density at radius 3 is 2.90 bits per heavy atom. The summed E-state index contributed by atoms with van der Waals surface area (Å²) >= 11 is 1.77. The maximum absolute atomic E-state index is 6.21. The lowest BCUT2D eigenvalue weighted by molar-refractivity contribution is 0.535. The Hall–Kier alpha value is -1.88. The van der Waals surface area contributed by atoms with Crippen molar-refractivity contribution < 1.29 is 4.42 Å². The minimum atomic E-state index is 0.602. The molecule has 0 amide bonds. The van der Waals surface area contributed by atoms with Crippen LogP contribution in [0.2, 0.25) is 0 Å². The number of hydrogen-bond acceptors (Lipinski definition) is 5. The molecule has 0 saturated heterocycles. The number of anilines is 1. The molecule has 5 heteroatoms. The third-order valence-corrected chi connectivity index (χ3v) is 5.13. The Kier molecular flexibility index (Phi) is 2.57. The molecule has 4 nitrogen and oxygen atoms in total. The highest BCUT2D eigenvalue weighted by Gasteiger charge is 2.21. The fraction of sp³-hybridized carbons (Fsp3) is 0.333. The predicted molar refractivity (Wildman–Crippen MR) is 80.9 cm³/mol. The summed E-state index contributed by atoms with van der Waals surface area (Å²) in [5, 5.41) is 1.08. The molecule has 0 fully saturated rings. The van der Waals surface area contributed by atoms with E-state index in [-0.39, 0.29) is 0 Å². The van der Waals surface area contributed by atoms with E-state index < -0.39 is 0 Å². The van der Waals surface area contributed by atoms with Gasteiger partial charge in [0, 0.05) is 4.88 Å². The van der Waals surface area contributed by atoms with Gasteiger partial charge in [0.05, 0.1) is 17.2 Å². The molecule has 1 aliphatic carbocycles. The van der Waals surface area contributed by atoms with Crippen molar-refractivity contribution >= 4 is 27.4 Å².